The summed E-state index contributed by atoms with van der Waals surface area (Å²) in [7, 11) is 0. The third-order valence-electron chi connectivity index (χ3n) is 5.19. The van der Waals surface area contributed by atoms with Crippen LogP contribution in [0, 0.1) is 13.8 Å². The van der Waals surface area contributed by atoms with Crippen LogP contribution in [0.2, 0.25) is 0 Å². The molecule has 0 atom stereocenters. The first-order valence-electron chi connectivity index (χ1n) is 10.2. The Morgan fingerprint density at radius 2 is 1.53 bits per heavy atom. The highest BCUT2D eigenvalue weighted by molar-refractivity contribution is 7.99. The minimum atomic E-state index is -4.52. The molecule has 170 valence electrons. The molecular weight excluding hydrogens is 437 g/mol. The molecule has 0 bridgehead atoms. The average Bonchev–Trinajstić information content (AvgIpc) is 2.71. The molecule has 1 aliphatic heterocycles. The summed E-state index contributed by atoms with van der Waals surface area (Å²) in [6, 6.07) is 9.78. The lowest BCUT2D eigenvalue weighted by atomic mass is 10.1. The molecule has 0 N–H and O–H groups in total. The fourth-order valence-electron chi connectivity index (χ4n) is 3.60. The normalized spacial score (nSPS) is 14.8. The van der Waals surface area contributed by atoms with Gasteiger partial charge >= 0.3 is 6.18 Å². The third kappa shape index (κ3) is 6.16. The molecule has 3 rings (SSSR count). The van der Waals surface area contributed by atoms with Gasteiger partial charge in [0, 0.05) is 49.0 Å². The summed E-state index contributed by atoms with van der Waals surface area (Å²) in [4.78, 5) is 27.9. The van der Waals surface area contributed by atoms with Gasteiger partial charge in [0.05, 0.1) is 5.56 Å². The first-order chi connectivity index (χ1) is 15.0. The van der Waals surface area contributed by atoms with Crippen molar-refractivity contribution in [3.63, 3.8) is 0 Å². The van der Waals surface area contributed by atoms with Gasteiger partial charge in [-0.05, 0) is 60.9 Å². The van der Waals surface area contributed by atoms with Gasteiger partial charge in [-0.25, -0.2) is 0 Å². The Morgan fingerprint density at radius 1 is 0.938 bits per heavy atom. The Balaban J connectivity index is 1.76. The van der Waals surface area contributed by atoms with Gasteiger partial charge in [-0.15, -0.1) is 0 Å². The molecule has 2 aromatic carbocycles. The van der Waals surface area contributed by atoms with Crippen LogP contribution >= 0.6 is 11.8 Å². The number of halogens is 3. The van der Waals surface area contributed by atoms with Gasteiger partial charge in [-0.3, -0.25) is 9.59 Å². The van der Waals surface area contributed by atoms with Crippen molar-refractivity contribution in [2.45, 2.75) is 36.7 Å². The Bertz CT molecular complexity index is 1020. The van der Waals surface area contributed by atoms with Crippen molar-refractivity contribution < 1.29 is 22.8 Å². The van der Waals surface area contributed by atoms with E-state index in [4.69, 9.17) is 0 Å². The summed E-state index contributed by atoms with van der Waals surface area (Å²) < 4.78 is 41.2. The second-order valence-electron chi connectivity index (χ2n) is 7.84. The van der Waals surface area contributed by atoms with Gasteiger partial charge in [0.2, 0.25) is 11.8 Å². The molecule has 0 unspecified atom stereocenters. The van der Waals surface area contributed by atoms with Crippen molar-refractivity contribution in [1.82, 2.24) is 9.80 Å². The van der Waals surface area contributed by atoms with E-state index in [9.17, 15) is 22.8 Å². The van der Waals surface area contributed by atoms with Gasteiger partial charge in [0.1, 0.15) is 0 Å². The van der Waals surface area contributed by atoms with E-state index < -0.39 is 11.7 Å². The number of carbonyl (C=O) groups is 2. The lowest BCUT2D eigenvalue weighted by Crippen LogP contribution is -2.49. The standard InChI is InChI=1S/C24H25F3N2O2S/c1-16-12-17(2)14-20(13-16)32-22-6-4-19(15-21(22)24(25,26)27)5-7-23(31)29-10-8-28(9-11-29)18(3)30/h4-7,12-15H,8-11H2,1-3H3. The van der Waals surface area contributed by atoms with Crippen LogP contribution in [0.1, 0.15) is 29.2 Å². The molecule has 1 aliphatic rings. The first-order valence-corrected chi connectivity index (χ1v) is 11.0. The number of carbonyl (C=O) groups excluding carboxylic acids is 2. The van der Waals surface area contributed by atoms with Crippen LogP contribution < -0.4 is 0 Å². The minimum absolute atomic E-state index is 0.0360. The number of nitrogens with zero attached hydrogens (tertiary/aromatic N) is 2. The maximum Gasteiger partial charge on any atom is 0.417 e. The van der Waals surface area contributed by atoms with E-state index in [0.717, 1.165) is 33.9 Å². The van der Waals surface area contributed by atoms with E-state index in [1.165, 1.54) is 25.1 Å². The topological polar surface area (TPSA) is 40.6 Å². The number of benzene rings is 2. The number of alkyl halides is 3. The fourth-order valence-corrected chi connectivity index (χ4v) is 4.76. The molecule has 1 heterocycles. The molecule has 0 saturated carbocycles. The maximum absolute atomic E-state index is 13.7. The van der Waals surface area contributed by atoms with Gasteiger partial charge in [-0.1, -0.05) is 23.9 Å². The Hall–Kier alpha value is -2.74. The number of aryl methyl sites for hydroxylation is 2. The second kappa shape index (κ2) is 9.81. The largest absolute Gasteiger partial charge is 0.417 e. The molecule has 4 nitrogen and oxygen atoms in total. The predicted octanol–water partition coefficient (Wildman–Crippen LogP) is 5.18. The van der Waals surface area contributed by atoms with Crippen LogP contribution in [-0.2, 0) is 15.8 Å². The first kappa shape index (κ1) is 23.9. The predicted molar refractivity (Wildman–Crippen MR) is 119 cm³/mol. The Morgan fingerprint density at radius 3 is 2.09 bits per heavy atom. The average molecular weight is 463 g/mol. The van der Waals surface area contributed by atoms with Crippen molar-refractivity contribution in [2.75, 3.05) is 26.2 Å². The molecule has 2 aromatic rings. The molecule has 1 saturated heterocycles. The van der Waals surface area contributed by atoms with Crippen LogP contribution in [-0.4, -0.2) is 47.8 Å². The van der Waals surface area contributed by atoms with Crippen LogP contribution in [0.15, 0.2) is 52.3 Å². The highest BCUT2D eigenvalue weighted by Crippen LogP contribution is 2.40. The summed E-state index contributed by atoms with van der Waals surface area (Å²) in [6.07, 6.45) is -1.83. The van der Waals surface area contributed by atoms with Crippen molar-refractivity contribution >= 4 is 29.7 Å². The van der Waals surface area contributed by atoms with Crippen molar-refractivity contribution in [3.05, 3.63) is 64.7 Å². The smallest absolute Gasteiger partial charge is 0.339 e. The number of amides is 2. The lowest BCUT2D eigenvalue weighted by molar-refractivity contribution is -0.139. The molecular formula is C24H25F3N2O2S. The third-order valence-corrected chi connectivity index (χ3v) is 6.23. The molecule has 2 amide bonds. The van der Waals surface area contributed by atoms with Gasteiger partial charge < -0.3 is 9.80 Å². The molecule has 0 aromatic heterocycles. The van der Waals surface area contributed by atoms with E-state index in [1.54, 1.807) is 15.9 Å². The van der Waals surface area contributed by atoms with Crippen LogP contribution in [0.5, 0.6) is 0 Å². The van der Waals surface area contributed by atoms with Crippen LogP contribution in [0.3, 0.4) is 0 Å². The summed E-state index contributed by atoms with van der Waals surface area (Å²) in [5, 5.41) is 0. The summed E-state index contributed by atoms with van der Waals surface area (Å²) in [5.74, 6) is -0.318. The Kier molecular flexibility index (Phi) is 7.33. The molecule has 32 heavy (non-hydrogen) atoms. The summed E-state index contributed by atoms with van der Waals surface area (Å²) in [6.45, 7) is 7.02. The quantitative estimate of drug-likeness (QED) is 0.588. The van der Waals surface area contributed by atoms with Crippen LogP contribution in [0.25, 0.3) is 6.08 Å². The fraction of sp³-hybridized carbons (Fsp3) is 0.333. The van der Waals surface area contributed by atoms with E-state index >= 15 is 0 Å². The van der Waals surface area contributed by atoms with E-state index in [0.29, 0.717) is 31.7 Å². The number of piperazine rings is 1. The van der Waals surface area contributed by atoms with Crippen LogP contribution in [0.4, 0.5) is 13.2 Å². The van der Waals surface area contributed by atoms with Crippen molar-refractivity contribution in [3.8, 4) is 0 Å². The number of rotatable bonds is 4. The van der Waals surface area contributed by atoms with E-state index in [2.05, 4.69) is 0 Å². The zero-order valence-electron chi connectivity index (χ0n) is 18.2. The second-order valence-corrected chi connectivity index (χ2v) is 8.96. The zero-order chi connectivity index (χ0) is 23.5. The molecule has 1 fully saturated rings. The Labute approximate surface area is 190 Å². The molecule has 0 aliphatic carbocycles. The van der Waals surface area contributed by atoms with Gasteiger partial charge in [0.25, 0.3) is 0 Å². The minimum Gasteiger partial charge on any atom is -0.339 e. The monoisotopic (exact) mass is 462 g/mol. The summed E-state index contributed by atoms with van der Waals surface area (Å²) >= 11 is 1.08. The molecule has 0 spiro atoms. The number of hydrogen-bond donors (Lipinski definition) is 0. The van der Waals surface area contributed by atoms with E-state index in [-0.39, 0.29) is 16.7 Å². The van der Waals surface area contributed by atoms with Gasteiger partial charge in [-0.2, -0.15) is 13.2 Å². The van der Waals surface area contributed by atoms with Gasteiger partial charge in [0.15, 0.2) is 0 Å². The highest BCUT2D eigenvalue weighted by Gasteiger charge is 2.34. The van der Waals surface area contributed by atoms with E-state index in [1.807, 2.05) is 32.0 Å². The highest BCUT2D eigenvalue weighted by atomic mass is 32.2. The number of hydrogen-bond acceptors (Lipinski definition) is 3. The summed E-state index contributed by atoms with van der Waals surface area (Å²) in [5.41, 5.74) is 1.55. The van der Waals surface area contributed by atoms with Crippen molar-refractivity contribution in [2.24, 2.45) is 0 Å². The molecule has 8 heteroatoms. The zero-order valence-corrected chi connectivity index (χ0v) is 19.0. The van der Waals surface area contributed by atoms with Crippen molar-refractivity contribution in [1.29, 1.82) is 0 Å². The SMILES string of the molecule is CC(=O)N1CCN(C(=O)C=Cc2ccc(Sc3cc(C)cc(C)c3)c(C(F)(F)F)c2)CC1. The maximum atomic E-state index is 13.7. The molecule has 0 radical (unpaired) electrons. The lowest BCUT2D eigenvalue weighted by Gasteiger charge is -2.33.